The number of hydrogen-bond acceptors (Lipinski definition) is 5. The van der Waals surface area contributed by atoms with Gasteiger partial charge in [0.05, 0.1) is 22.2 Å². The van der Waals surface area contributed by atoms with Crippen LogP contribution in [-0.4, -0.2) is 20.1 Å². The Kier molecular flexibility index (Phi) is 5.17. The van der Waals surface area contributed by atoms with Gasteiger partial charge in [-0.05, 0) is 49.7 Å². The Morgan fingerprint density at radius 2 is 1.88 bits per heavy atom. The molecule has 0 aliphatic heterocycles. The van der Waals surface area contributed by atoms with Crippen molar-refractivity contribution in [2.24, 2.45) is 0 Å². The van der Waals surface area contributed by atoms with Gasteiger partial charge in [0, 0.05) is 12.6 Å². The molecule has 138 valence electrons. The van der Waals surface area contributed by atoms with Crippen molar-refractivity contribution >= 4 is 31.6 Å². The van der Waals surface area contributed by atoms with Gasteiger partial charge in [-0.1, -0.05) is 23.5 Å². The summed E-state index contributed by atoms with van der Waals surface area (Å²) in [5.74, 6) is 0.713. The number of aryl methyl sites for hydroxylation is 1. The number of methoxy groups -OCH3 is 1. The molecule has 26 heavy (non-hydrogen) atoms. The second-order valence-corrected chi connectivity index (χ2v) is 8.57. The molecule has 6 nitrogen and oxygen atoms in total. The van der Waals surface area contributed by atoms with E-state index in [-0.39, 0.29) is 9.77 Å². The predicted octanol–water partition coefficient (Wildman–Crippen LogP) is 3.13. The van der Waals surface area contributed by atoms with Crippen molar-refractivity contribution in [1.29, 1.82) is 0 Å². The van der Waals surface area contributed by atoms with Gasteiger partial charge in [0.2, 0.25) is 10.0 Å². The lowest BCUT2D eigenvalue weighted by Crippen LogP contribution is -2.26. The van der Waals surface area contributed by atoms with E-state index in [9.17, 15) is 13.2 Å². The number of nitrogens with zero attached hydrogens (tertiary/aromatic N) is 1. The number of aromatic nitrogens is 1. The highest BCUT2D eigenvalue weighted by atomic mass is 32.2. The zero-order valence-electron chi connectivity index (χ0n) is 14.7. The van der Waals surface area contributed by atoms with Gasteiger partial charge in [-0.3, -0.25) is 9.36 Å². The summed E-state index contributed by atoms with van der Waals surface area (Å²) in [6.07, 6.45) is 0. The third-order valence-electron chi connectivity index (χ3n) is 4.21. The topological polar surface area (TPSA) is 77.4 Å². The van der Waals surface area contributed by atoms with Crippen molar-refractivity contribution in [3.63, 3.8) is 0 Å². The molecule has 1 aromatic heterocycles. The van der Waals surface area contributed by atoms with E-state index in [0.717, 1.165) is 22.4 Å². The lowest BCUT2D eigenvalue weighted by molar-refractivity contribution is 0.414. The van der Waals surface area contributed by atoms with Crippen LogP contribution in [0, 0.1) is 0 Å². The largest absolute Gasteiger partial charge is 0.497 e. The van der Waals surface area contributed by atoms with E-state index < -0.39 is 16.1 Å². The first-order valence-electron chi connectivity index (χ1n) is 8.15. The van der Waals surface area contributed by atoms with Gasteiger partial charge in [-0.15, -0.1) is 0 Å². The highest BCUT2D eigenvalue weighted by Gasteiger charge is 2.20. The Morgan fingerprint density at radius 3 is 2.50 bits per heavy atom. The number of nitrogens with one attached hydrogen (secondary N) is 1. The molecule has 0 spiro atoms. The maximum atomic E-state index is 12.7. The molecule has 1 N–H and O–H groups in total. The van der Waals surface area contributed by atoms with Crippen LogP contribution in [0.2, 0.25) is 0 Å². The van der Waals surface area contributed by atoms with Crippen LogP contribution < -0.4 is 14.3 Å². The number of ether oxygens (including phenoxy) is 1. The van der Waals surface area contributed by atoms with E-state index in [2.05, 4.69) is 4.72 Å². The van der Waals surface area contributed by atoms with E-state index in [0.29, 0.717) is 17.0 Å². The summed E-state index contributed by atoms with van der Waals surface area (Å²) in [5, 5.41) is 0. The van der Waals surface area contributed by atoms with Crippen LogP contribution in [0.15, 0.2) is 52.2 Å². The van der Waals surface area contributed by atoms with Crippen LogP contribution in [0.3, 0.4) is 0 Å². The van der Waals surface area contributed by atoms with Gasteiger partial charge < -0.3 is 4.74 Å². The van der Waals surface area contributed by atoms with E-state index in [1.807, 2.05) is 19.1 Å². The van der Waals surface area contributed by atoms with Gasteiger partial charge >= 0.3 is 4.87 Å². The standard InChI is InChI=1S/C18H20N2O4S2/c1-4-20-16-10-9-15(11-17(16)25-18(20)21)26(22,23)19-12(2)13-5-7-14(24-3)8-6-13/h5-12,19H,4H2,1-3H3/t12-/m0/s1. The number of thiazole rings is 1. The Hall–Kier alpha value is -2.16. The van der Waals surface area contributed by atoms with Crippen molar-refractivity contribution in [3.8, 4) is 5.75 Å². The molecular weight excluding hydrogens is 372 g/mol. The van der Waals surface area contributed by atoms with E-state index in [1.165, 1.54) is 6.07 Å². The first kappa shape index (κ1) is 18.6. The van der Waals surface area contributed by atoms with Crippen molar-refractivity contribution in [3.05, 3.63) is 57.7 Å². The summed E-state index contributed by atoms with van der Waals surface area (Å²) in [4.78, 5) is 12.0. The molecule has 3 rings (SSSR count). The first-order chi connectivity index (χ1) is 12.4. The maximum absolute atomic E-state index is 12.7. The van der Waals surface area contributed by atoms with Gasteiger partial charge in [0.1, 0.15) is 5.75 Å². The smallest absolute Gasteiger partial charge is 0.308 e. The molecule has 0 aliphatic rings. The Labute approximate surface area is 156 Å². The Morgan fingerprint density at radius 1 is 1.19 bits per heavy atom. The summed E-state index contributed by atoms with van der Waals surface area (Å²) in [5.41, 5.74) is 1.59. The molecular formula is C18H20N2O4S2. The van der Waals surface area contributed by atoms with Crippen LogP contribution in [0.25, 0.3) is 10.2 Å². The fourth-order valence-electron chi connectivity index (χ4n) is 2.77. The van der Waals surface area contributed by atoms with E-state index in [1.54, 1.807) is 42.9 Å². The summed E-state index contributed by atoms with van der Waals surface area (Å²) >= 11 is 1.05. The minimum atomic E-state index is -3.71. The first-order valence-corrected chi connectivity index (χ1v) is 10.5. The van der Waals surface area contributed by atoms with Crippen LogP contribution >= 0.6 is 11.3 Å². The fraction of sp³-hybridized carbons (Fsp3) is 0.278. The number of rotatable bonds is 6. The van der Waals surface area contributed by atoms with E-state index >= 15 is 0 Å². The zero-order valence-corrected chi connectivity index (χ0v) is 16.4. The average Bonchev–Trinajstić information content (AvgIpc) is 2.95. The van der Waals surface area contributed by atoms with Gasteiger partial charge in [0.25, 0.3) is 0 Å². The minimum Gasteiger partial charge on any atom is -0.497 e. The number of benzene rings is 2. The summed E-state index contributed by atoms with van der Waals surface area (Å²) in [7, 11) is -2.13. The number of fused-ring (bicyclic) bond motifs is 1. The lowest BCUT2D eigenvalue weighted by Gasteiger charge is -2.15. The molecule has 0 aliphatic carbocycles. The molecule has 0 saturated heterocycles. The second kappa shape index (κ2) is 7.22. The minimum absolute atomic E-state index is 0.0865. The summed E-state index contributed by atoms with van der Waals surface area (Å²) in [6, 6.07) is 11.6. The molecule has 1 heterocycles. The molecule has 3 aromatic rings. The zero-order chi connectivity index (χ0) is 18.9. The van der Waals surface area contributed by atoms with Crippen LogP contribution in [0.5, 0.6) is 5.75 Å². The van der Waals surface area contributed by atoms with Gasteiger partial charge in [-0.25, -0.2) is 13.1 Å². The molecule has 2 aromatic carbocycles. The fourth-order valence-corrected chi connectivity index (χ4v) is 5.10. The van der Waals surface area contributed by atoms with Crippen LogP contribution in [-0.2, 0) is 16.6 Å². The third kappa shape index (κ3) is 3.53. The van der Waals surface area contributed by atoms with Crippen molar-refractivity contribution in [1.82, 2.24) is 9.29 Å². The van der Waals surface area contributed by atoms with Gasteiger partial charge in [0.15, 0.2) is 0 Å². The normalized spacial score (nSPS) is 13.0. The highest BCUT2D eigenvalue weighted by Crippen LogP contribution is 2.24. The maximum Gasteiger partial charge on any atom is 0.308 e. The summed E-state index contributed by atoms with van der Waals surface area (Å²) < 4.78 is 35.5. The molecule has 0 radical (unpaired) electrons. The van der Waals surface area contributed by atoms with Crippen molar-refractivity contribution in [2.45, 2.75) is 31.3 Å². The second-order valence-electron chi connectivity index (χ2n) is 5.86. The SMILES string of the molecule is CCn1c(=O)sc2cc(S(=O)(=O)N[C@@H](C)c3ccc(OC)cc3)ccc21. The van der Waals surface area contributed by atoms with E-state index in [4.69, 9.17) is 4.74 Å². The molecule has 0 saturated carbocycles. The lowest BCUT2D eigenvalue weighted by atomic mass is 10.1. The van der Waals surface area contributed by atoms with Crippen molar-refractivity contribution < 1.29 is 13.2 Å². The quantitative estimate of drug-likeness (QED) is 0.699. The highest BCUT2D eigenvalue weighted by molar-refractivity contribution is 7.89. The van der Waals surface area contributed by atoms with Crippen LogP contribution in [0.1, 0.15) is 25.5 Å². The third-order valence-corrected chi connectivity index (χ3v) is 6.69. The summed E-state index contributed by atoms with van der Waals surface area (Å²) in [6.45, 7) is 4.22. The molecule has 0 unspecified atom stereocenters. The monoisotopic (exact) mass is 392 g/mol. The van der Waals surface area contributed by atoms with Crippen molar-refractivity contribution in [2.75, 3.05) is 7.11 Å². The van der Waals surface area contributed by atoms with Gasteiger partial charge in [-0.2, -0.15) is 0 Å². The van der Waals surface area contributed by atoms with Crippen LogP contribution in [0.4, 0.5) is 0 Å². The Balaban J connectivity index is 1.89. The Bertz CT molecular complexity index is 1080. The predicted molar refractivity (Wildman–Crippen MR) is 103 cm³/mol. The number of sulfonamides is 1. The number of hydrogen-bond donors (Lipinski definition) is 1. The average molecular weight is 393 g/mol. The molecule has 8 heteroatoms. The molecule has 0 fully saturated rings. The molecule has 0 amide bonds. The molecule has 1 atom stereocenters. The molecule has 0 bridgehead atoms.